The summed E-state index contributed by atoms with van der Waals surface area (Å²) in [4.78, 5) is 16.1. The smallest absolute Gasteiger partial charge is 0.236 e. The van der Waals surface area contributed by atoms with Crippen molar-refractivity contribution >= 4 is 5.91 Å². The standard InChI is InChI=1S/C12H23N3O/c1-14-8-4-11(5-9-14)13-10-12(16)15-6-2-3-7-15/h11,13H,2-10H2,1H3. The van der Waals surface area contributed by atoms with Gasteiger partial charge in [-0.1, -0.05) is 0 Å². The quantitative estimate of drug-likeness (QED) is 0.750. The van der Waals surface area contributed by atoms with Crippen LogP contribution in [0.4, 0.5) is 0 Å². The third-order valence-electron chi connectivity index (χ3n) is 3.72. The van der Waals surface area contributed by atoms with Crippen molar-refractivity contribution in [3.05, 3.63) is 0 Å². The van der Waals surface area contributed by atoms with Crippen molar-refractivity contribution in [1.82, 2.24) is 15.1 Å². The highest BCUT2D eigenvalue weighted by Gasteiger charge is 2.20. The molecule has 2 aliphatic rings. The van der Waals surface area contributed by atoms with Gasteiger partial charge < -0.3 is 15.1 Å². The maximum atomic E-state index is 11.8. The number of carbonyl (C=O) groups is 1. The molecule has 0 atom stereocenters. The second-order valence-electron chi connectivity index (χ2n) is 5.05. The van der Waals surface area contributed by atoms with Gasteiger partial charge in [0.2, 0.25) is 5.91 Å². The number of amides is 1. The molecule has 2 aliphatic heterocycles. The van der Waals surface area contributed by atoms with Gasteiger partial charge in [-0.2, -0.15) is 0 Å². The van der Waals surface area contributed by atoms with Crippen LogP contribution in [-0.2, 0) is 4.79 Å². The number of nitrogens with one attached hydrogen (secondary N) is 1. The Morgan fingerprint density at radius 2 is 1.81 bits per heavy atom. The van der Waals surface area contributed by atoms with Crippen LogP contribution in [0.1, 0.15) is 25.7 Å². The average Bonchev–Trinajstić information content (AvgIpc) is 2.81. The molecule has 4 heteroatoms. The largest absolute Gasteiger partial charge is 0.342 e. The minimum atomic E-state index is 0.288. The number of rotatable bonds is 3. The Balaban J connectivity index is 1.65. The molecule has 0 bridgehead atoms. The zero-order valence-electron chi connectivity index (χ0n) is 10.2. The van der Waals surface area contributed by atoms with E-state index in [4.69, 9.17) is 0 Å². The first kappa shape index (κ1) is 11.9. The van der Waals surface area contributed by atoms with Gasteiger partial charge in [0.1, 0.15) is 0 Å². The minimum Gasteiger partial charge on any atom is -0.342 e. The van der Waals surface area contributed by atoms with Crippen molar-refractivity contribution in [2.45, 2.75) is 31.7 Å². The molecule has 0 aliphatic carbocycles. The Hall–Kier alpha value is -0.610. The normalized spacial score (nSPS) is 23.9. The van der Waals surface area contributed by atoms with Crippen LogP contribution in [0.25, 0.3) is 0 Å². The fraction of sp³-hybridized carbons (Fsp3) is 0.917. The predicted octanol–water partition coefficient (Wildman–Crippen LogP) is 0.293. The molecule has 92 valence electrons. The predicted molar refractivity (Wildman–Crippen MR) is 64.3 cm³/mol. The molecule has 1 N–H and O–H groups in total. The molecule has 0 spiro atoms. The summed E-state index contributed by atoms with van der Waals surface area (Å²) in [6.07, 6.45) is 4.70. The molecule has 0 saturated carbocycles. The van der Waals surface area contributed by atoms with Crippen molar-refractivity contribution in [3.63, 3.8) is 0 Å². The van der Waals surface area contributed by atoms with Crippen LogP contribution < -0.4 is 5.32 Å². The summed E-state index contributed by atoms with van der Waals surface area (Å²) in [6.45, 7) is 4.77. The van der Waals surface area contributed by atoms with E-state index in [1.165, 1.54) is 25.7 Å². The van der Waals surface area contributed by atoms with Gasteiger partial charge in [-0.25, -0.2) is 0 Å². The first-order chi connectivity index (χ1) is 7.75. The van der Waals surface area contributed by atoms with Crippen molar-refractivity contribution in [3.8, 4) is 0 Å². The van der Waals surface area contributed by atoms with Gasteiger partial charge in [-0.05, 0) is 45.8 Å². The summed E-state index contributed by atoms with van der Waals surface area (Å²) in [7, 11) is 2.16. The van der Waals surface area contributed by atoms with E-state index < -0.39 is 0 Å². The molecule has 0 radical (unpaired) electrons. The third-order valence-corrected chi connectivity index (χ3v) is 3.72. The lowest BCUT2D eigenvalue weighted by atomic mass is 10.1. The lowest BCUT2D eigenvalue weighted by Gasteiger charge is -2.29. The Labute approximate surface area is 98.0 Å². The van der Waals surface area contributed by atoms with Gasteiger partial charge in [0.05, 0.1) is 6.54 Å². The SMILES string of the molecule is CN1CCC(NCC(=O)N2CCCC2)CC1. The zero-order valence-corrected chi connectivity index (χ0v) is 10.2. The molecule has 2 saturated heterocycles. The number of carbonyl (C=O) groups excluding carboxylic acids is 1. The Kier molecular flexibility index (Phi) is 4.18. The number of likely N-dealkylation sites (tertiary alicyclic amines) is 2. The lowest BCUT2D eigenvalue weighted by molar-refractivity contribution is -0.129. The molecule has 1 amide bonds. The van der Waals surface area contributed by atoms with Crippen LogP contribution in [0.15, 0.2) is 0 Å². The summed E-state index contributed by atoms with van der Waals surface area (Å²) in [5, 5.41) is 3.40. The molecule has 0 aromatic heterocycles. The molecule has 0 aromatic carbocycles. The molecule has 0 unspecified atom stereocenters. The van der Waals surface area contributed by atoms with E-state index in [0.717, 1.165) is 26.2 Å². The van der Waals surface area contributed by atoms with Crippen molar-refractivity contribution in [2.75, 3.05) is 39.8 Å². The van der Waals surface area contributed by atoms with Crippen LogP contribution in [0.5, 0.6) is 0 Å². The van der Waals surface area contributed by atoms with E-state index in [9.17, 15) is 4.79 Å². The Morgan fingerprint density at radius 1 is 1.19 bits per heavy atom. The molecule has 2 fully saturated rings. The van der Waals surface area contributed by atoms with E-state index in [-0.39, 0.29) is 5.91 Å². The lowest BCUT2D eigenvalue weighted by Crippen LogP contribution is -2.45. The second-order valence-corrected chi connectivity index (χ2v) is 5.05. The summed E-state index contributed by atoms with van der Waals surface area (Å²) in [6, 6.07) is 0.544. The van der Waals surface area contributed by atoms with E-state index in [1.807, 2.05) is 4.90 Å². The van der Waals surface area contributed by atoms with Gasteiger partial charge >= 0.3 is 0 Å². The number of piperidine rings is 1. The van der Waals surface area contributed by atoms with Crippen LogP contribution in [0.2, 0.25) is 0 Å². The summed E-state index contributed by atoms with van der Waals surface area (Å²) in [5.74, 6) is 0.288. The van der Waals surface area contributed by atoms with Gasteiger partial charge in [0, 0.05) is 19.1 Å². The van der Waals surface area contributed by atoms with Crippen LogP contribution in [-0.4, -0.2) is 61.5 Å². The van der Waals surface area contributed by atoms with E-state index >= 15 is 0 Å². The van der Waals surface area contributed by atoms with Crippen molar-refractivity contribution in [1.29, 1.82) is 0 Å². The number of nitrogens with zero attached hydrogens (tertiary/aromatic N) is 2. The van der Waals surface area contributed by atoms with Gasteiger partial charge in [-0.3, -0.25) is 4.79 Å². The zero-order chi connectivity index (χ0) is 11.4. The van der Waals surface area contributed by atoms with Crippen LogP contribution in [0.3, 0.4) is 0 Å². The topological polar surface area (TPSA) is 35.6 Å². The highest BCUT2D eigenvalue weighted by Crippen LogP contribution is 2.09. The molecule has 2 heterocycles. The summed E-state index contributed by atoms with van der Waals surface area (Å²) in [5.41, 5.74) is 0. The molecular formula is C12H23N3O. The monoisotopic (exact) mass is 225 g/mol. The van der Waals surface area contributed by atoms with Gasteiger partial charge in [0.15, 0.2) is 0 Å². The molecule has 2 rings (SSSR count). The molecule has 0 aromatic rings. The minimum absolute atomic E-state index is 0.288. The number of hydrogen-bond donors (Lipinski definition) is 1. The third kappa shape index (κ3) is 3.19. The Bertz CT molecular complexity index is 230. The van der Waals surface area contributed by atoms with Gasteiger partial charge in [0.25, 0.3) is 0 Å². The first-order valence-electron chi connectivity index (χ1n) is 6.45. The molecular weight excluding hydrogens is 202 g/mol. The highest BCUT2D eigenvalue weighted by atomic mass is 16.2. The van der Waals surface area contributed by atoms with Crippen LogP contribution >= 0.6 is 0 Å². The van der Waals surface area contributed by atoms with Crippen molar-refractivity contribution < 1.29 is 4.79 Å². The average molecular weight is 225 g/mol. The van der Waals surface area contributed by atoms with Crippen LogP contribution in [0, 0.1) is 0 Å². The fourth-order valence-corrected chi connectivity index (χ4v) is 2.52. The molecule has 4 nitrogen and oxygen atoms in total. The maximum Gasteiger partial charge on any atom is 0.236 e. The van der Waals surface area contributed by atoms with E-state index in [0.29, 0.717) is 12.6 Å². The Morgan fingerprint density at radius 3 is 2.44 bits per heavy atom. The highest BCUT2D eigenvalue weighted by molar-refractivity contribution is 5.78. The van der Waals surface area contributed by atoms with E-state index in [2.05, 4.69) is 17.3 Å². The second kappa shape index (κ2) is 5.64. The number of hydrogen-bond acceptors (Lipinski definition) is 3. The fourth-order valence-electron chi connectivity index (χ4n) is 2.52. The van der Waals surface area contributed by atoms with E-state index in [1.54, 1.807) is 0 Å². The first-order valence-corrected chi connectivity index (χ1v) is 6.45. The summed E-state index contributed by atoms with van der Waals surface area (Å²) < 4.78 is 0. The van der Waals surface area contributed by atoms with Gasteiger partial charge in [-0.15, -0.1) is 0 Å². The summed E-state index contributed by atoms with van der Waals surface area (Å²) >= 11 is 0. The molecule has 16 heavy (non-hydrogen) atoms. The van der Waals surface area contributed by atoms with Crippen molar-refractivity contribution in [2.24, 2.45) is 0 Å². The maximum absolute atomic E-state index is 11.8.